The second-order valence-electron chi connectivity index (χ2n) is 4.45. The third-order valence-corrected chi connectivity index (χ3v) is 3.94. The van der Waals surface area contributed by atoms with Crippen LogP contribution in [-0.2, 0) is 6.54 Å². The van der Waals surface area contributed by atoms with E-state index in [-0.39, 0.29) is 5.60 Å². The molecule has 0 aromatic carbocycles. The van der Waals surface area contributed by atoms with Crippen molar-refractivity contribution in [3.8, 4) is 0 Å². The zero-order chi connectivity index (χ0) is 9.60. The minimum atomic E-state index is -0.350. The van der Waals surface area contributed by atoms with Crippen molar-refractivity contribution in [2.45, 2.75) is 25.0 Å². The third-order valence-electron chi connectivity index (χ3n) is 3.17. The van der Waals surface area contributed by atoms with Crippen molar-refractivity contribution < 1.29 is 5.11 Å². The van der Waals surface area contributed by atoms with Gasteiger partial charge in [-0.05, 0) is 18.8 Å². The van der Waals surface area contributed by atoms with Crippen LogP contribution in [0.4, 0.5) is 0 Å². The Kier molecular flexibility index (Phi) is 1.90. The van der Waals surface area contributed by atoms with Gasteiger partial charge < -0.3 is 5.11 Å². The first kappa shape index (κ1) is 8.83. The van der Waals surface area contributed by atoms with Gasteiger partial charge in [-0.3, -0.25) is 4.90 Å². The minimum Gasteiger partial charge on any atom is -0.387 e. The highest BCUT2D eigenvalue weighted by molar-refractivity contribution is 7.09. The van der Waals surface area contributed by atoms with Crippen LogP contribution in [0, 0.1) is 5.92 Å². The third kappa shape index (κ3) is 1.47. The Labute approximate surface area is 87.4 Å². The average Bonchev–Trinajstić information content (AvgIpc) is 2.84. The van der Waals surface area contributed by atoms with E-state index in [4.69, 9.17) is 0 Å². The van der Waals surface area contributed by atoms with Crippen LogP contribution < -0.4 is 0 Å². The number of hydrogen-bond donors (Lipinski definition) is 1. The molecule has 1 saturated carbocycles. The lowest BCUT2D eigenvalue weighted by Gasteiger charge is -2.46. The monoisotopic (exact) mass is 210 g/mol. The van der Waals surface area contributed by atoms with E-state index in [1.165, 1.54) is 12.8 Å². The van der Waals surface area contributed by atoms with Gasteiger partial charge in [-0.15, -0.1) is 11.3 Å². The van der Waals surface area contributed by atoms with Crippen LogP contribution in [0.5, 0.6) is 0 Å². The molecular weight excluding hydrogens is 196 g/mol. The van der Waals surface area contributed by atoms with Gasteiger partial charge in [0.25, 0.3) is 0 Å². The van der Waals surface area contributed by atoms with Gasteiger partial charge in [-0.1, -0.05) is 0 Å². The molecule has 0 bridgehead atoms. The molecule has 1 aromatic rings. The molecule has 2 heterocycles. The molecule has 3 rings (SSSR count). The van der Waals surface area contributed by atoms with E-state index >= 15 is 0 Å². The molecule has 0 unspecified atom stereocenters. The lowest BCUT2D eigenvalue weighted by atomic mass is 9.89. The summed E-state index contributed by atoms with van der Waals surface area (Å²) in [6.45, 7) is 2.60. The first-order valence-corrected chi connectivity index (χ1v) is 5.97. The minimum absolute atomic E-state index is 0.350. The van der Waals surface area contributed by atoms with E-state index in [1.807, 2.05) is 11.6 Å². The summed E-state index contributed by atoms with van der Waals surface area (Å²) in [5.41, 5.74) is -0.350. The van der Waals surface area contributed by atoms with Gasteiger partial charge in [-0.2, -0.15) is 0 Å². The Balaban J connectivity index is 1.54. The second-order valence-corrected chi connectivity index (χ2v) is 5.43. The normalized spacial score (nSPS) is 26.1. The summed E-state index contributed by atoms with van der Waals surface area (Å²) >= 11 is 1.69. The van der Waals surface area contributed by atoms with E-state index in [0.717, 1.165) is 24.6 Å². The number of rotatable bonds is 3. The van der Waals surface area contributed by atoms with Gasteiger partial charge in [0.1, 0.15) is 5.01 Å². The SMILES string of the molecule is OC1(C2CC2)CN(Cc2nccs2)C1. The van der Waals surface area contributed by atoms with Gasteiger partial charge in [0.05, 0.1) is 12.1 Å². The Hall–Kier alpha value is -0.450. The van der Waals surface area contributed by atoms with Gasteiger partial charge in [0.15, 0.2) is 0 Å². The largest absolute Gasteiger partial charge is 0.387 e. The standard InChI is InChI=1S/C10H14N2OS/c13-10(8-1-2-8)6-12(7-10)5-9-11-3-4-14-9/h3-4,8,13H,1-2,5-7H2. The van der Waals surface area contributed by atoms with E-state index < -0.39 is 0 Å². The first-order valence-electron chi connectivity index (χ1n) is 5.09. The average molecular weight is 210 g/mol. The molecule has 4 heteroatoms. The molecule has 1 aliphatic heterocycles. The fraction of sp³-hybridized carbons (Fsp3) is 0.700. The van der Waals surface area contributed by atoms with E-state index in [9.17, 15) is 5.11 Å². The molecule has 76 valence electrons. The van der Waals surface area contributed by atoms with Crippen molar-refractivity contribution in [2.24, 2.45) is 5.92 Å². The molecule has 1 saturated heterocycles. The van der Waals surface area contributed by atoms with Crippen LogP contribution in [0.15, 0.2) is 11.6 Å². The first-order chi connectivity index (χ1) is 6.76. The van der Waals surface area contributed by atoms with Crippen LogP contribution in [0.1, 0.15) is 17.8 Å². The predicted molar refractivity (Wildman–Crippen MR) is 55.1 cm³/mol. The summed E-state index contributed by atoms with van der Waals surface area (Å²) < 4.78 is 0. The van der Waals surface area contributed by atoms with Crippen LogP contribution >= 0.6 is 11.3 Å². The Morgan fingerprint density at radius 1 is 1.57 bits per heavy atom. The Bertz CT molecular complexity index is 315. The number of aliphatic hydroxyl groups is 1. The molecule has 1 aromatic heterocycles. The molecule has 0 spiro atoms. The number of thiazole rings is 1. The van der Waals surface area contributed by atoms with Crippen LogP contribution in [0.25, 0.3) is 0 Å². The van der Waals surface area contributed by atoms with Gasteiger partial charge in [-0.25, -0.2) is 4.98 Å². The molecule has 3 nitrogen and oxygen atoms in total. The summed E-state index contributed by atoms with van der Waals surface area (Å²) in [4.78, 5) is 6.52. The van der Waals surface area contributed by atoms with E-state index in [1.54, 1.807) is 11.3 Å². The number of hydrogen-bond acceptors (Lipinski definition) is 4. The Morgan fingerprint density at radius 3 is 2.93 bits per heavy atom. The van der Waals surface area contributed by atoms with Crippen molar-refractivity contribution in [1.29, 1.82) is 0 Å². The molecule has 2 fully saturated rings. The highest BCUT2D eigenvalue weighted by atomic mass is 32.1. The topological polar surface area (TPSA) is 36.4 Å². The maximum atomic E-state index is 10.1. The predicted octanol–water partition coefficient (Wildman–Crippen LogP) is 1.10. The lowest BCUT2D eigenvalue weighted by Crippen LogP contribution is -2.62. The molecule has 1 N–H and O–H groups in total. The zero-order valence-electron chi connectivity index (χ0n) is 8.02. The molecule has 0 atom stereocenters. The fourth-order valence-electron chi connectivity index (χ4n) is 2.24. The van der Waals surface area contributed by atoms with Crippen LogP contribution in [0.3, 0.4) is 0 Å². The molecule has 14 heavy (non-hydrogen) atoms. The van der Waals surface area contributed by atoms with Crippen molar-refractivity contribution in [3.63, 3.8) is 0 Å². The quantitative estimate of drug-likeness (QED) is 0.811. The fourth-order valence-corrected chi connectivity index (χ4v) is 2.90. The maximum absolute atomic E-state index is 10.1. The Morgan fingerprint density at radius 2 is 2.36 bits per heavy atom. The second kappa shape index (κ2) is 3.02. The summed E-state index contributed by atoms with van der Waals surface area (Å²) in [5, 5.41) is 13.2. The lowest BCUT2D eigenvalue weighted by molar-refractivity contribution is -0.116. The number of nitrogens with zero attached hydrogens (tertiary/aromatic N) is 2. The molecular formula is C10H14N2OS. The van der Waals surface area contributed by atoms with Crippen molar-refractivity contribution in [1.82, 2.24) is 9.88 Å². The zero-order valence-corrected chi connectivity index (χ0v) is 8.83. The van der Waals surface area contributed by atoms with Crippen molar-refractivity contribution in [2.75, 3.05) is 13.1 Å². The molecule has 0 amide bonds. The molecule has 2 aliphatic rings. The summed E-state index contributed by atoms with van der Waals surface area (Å²) in [7, 11) is 0. The van der Waals surface area contributed by atoms with E-state index in [0.29, 0.717) is 5.92 Å². The number of β-amino-alcohol motifs (C(OH)–C–C–N with tert-alkyl or cyclic N) is 1. The molecule has 0 radical (unpaired) electrons. The smallest absolute Gasteiger partial charge is 0.107 e. The van der Waals surface area contributed by atoms with Gasteiger partial charge >= 0.3 is 0 Å². The van der Waals surface area contributed by atoms with Crippen LogP contribution in [0.2, 0.25) is 0 Å². The van der Waals surface area contributed by atoms with Gasteiger partial charge in [0.2, 0.25) is 0 Å². The highest BCUT2D eigenvalue weighted by Crippen LogP contribution is 2.44. The summed E-state index contributed by atoms with van der Waals surface area (Å²) in [5.74, 6) is 0.593. The van der Waals surface area contributed by atoms with Crippen LogP contribution in [-0.4, -0.2) is 33.7 Å². The highest BCUT2D eigenvalue weighted by Gasteiger charge is 2.51. The van der Waals surface area contributed by atoms with Gasteiger partial charge in [0, 0.05) is 24.7 Å². The maximum Gasteiger partial charge on any atom is 0.107 e. The number of likely N-dealkylation sites (tertiary alicyclic amines) is 1. The van der Waals surface area contributed by atoms with E-state index in [2.05, 4.69) is 9.88 Å². The summed E-state index contributed by atoms with van der Waals surface area (Å²) in [6.07, 6.45) is 4.29. The number of aromatic nitrogens is 1. The molecule has 1 aliphatic carbocycles. The van der Waals surface area contributed by atoms with Crippen molar-refractivity contribution in [3.05, 3.63) is 16.6 Å². The summed E-state index contributed by atoms with van der Waals surface area (Å²) in [6, 6.07) is 0. The van der Waals surface area contributed by atoms with Crippen molar-refractivity contribution >= 4 is 11.3 Å².